The van der Waals surface area contributed by atoms with E-state index in [0.29, 0.717) is 44.2 Å². The largest absolute Gasteiger partial charge is 0.456 e. The highest BCUT2D eigenvalue weighted by Crippen LogP contribution is 2.90. The van der Waals surface area contributed by atoms with Crippen molar-refractivity contribution < 1.29 is 38.3 Å². The molecule has 2 N–H and O–H groups in total. The Kier molecular flexibility index (Phi) is 8.34. The summed E-state index contributed by atoms with van der Waals surface area (Å²) >= 11 is 0. The Balaban J connectivity index is 1.13. The second-order valence-electron chi connectivity index (χ2n) is 18.1. The van der Waals surface area contributed by atoms with Crippen LogP contribution in [0.25, 0.3) is 0 Å². The normalized spacial score (nSPS) is 47.6. The number of alkyl halides is 1. The summed E-state index contributed by atoms with van der Waals surface area (Å²) in [6, 6.07) is 0. The van der Waals surface area contributed by atoms with Crippen LogP contribution in [0.3, 0.4) is 0 Å². The van der Waals surface area contributed by atoms with Crippen LogP contribution in [0, 0.1) is 63.0 Å². The number of rotatable bonds is 7. The van der Waals surface area contributed by atoms with E-state index in [9.17, 15) is 19.4 Å². The van der Waals surface area contributed by atoms with Crippen LogP contribution in [0.1, 0.15) is 107 Å². The molecule has 2 heterocycles. The maximum absolute atomic E-state index is 13.1. The minimum absolute atomic E-state index is 0.0258. The van der Waals surface area contributed by atoms with Gasteiger partial charge in [-0.3, -0.25) is 9.69 Å². The van der Waals surface area contributed by atoms with E-state index in [1.807, 2.05) is 0 Å². The summed E-state index contributed by atoms with van der Waals surface area (Å²) in [5.41, 5.74) is -1.57. The van der Waals surface area contributed by atoms with Crippen LogP contribution >= 0.6 is 0 Å². The van der Waals surface area contributed by atoms with Crippen molar-refractivity contribution in [2.75, 3.05) is 32.9 Å². The molecule has 0 amide bonds. The molecule has 2 aliphatic heterocycles. The number of ether oxygens (including phenoxy) is 4. The summed E-state index contributed by atoms with van der Waals surface area (Å²) in [5, 5.41) is 23.5. The zero-order valence-electron chi connectivity index (χ0n) is 30.0. The van der Waals surface area contributed by atoms with Gasteiger partial charge in [0.15, 0.2) is 12.4 Å². The van der Waals surface area contributed by atoms with Crippen LogP contribution in [-0.4, -0.2) is 84.2 Å². The molecule has 9 heteroatoms. The maximum atomic E-state index is 13.1. The number of nitrogens with zero attached hydrogens (tertiary/aromatic N) is 1. The van der Waals surface area contributed by atoms with Gasteiger partial charge in [0.05, 0.1) is 24.4 Å². The van der Waals surface area contributed by atoms with Crippen molar-refractivity contribution in [2.45, 2.75) is 137 Å². The molecule has 5 saturated carbocycles. The topological polar surface area (TPSA) is 97.7 Å². The minimum Gasteiger partial charge on any atom is -0.456 e. The number of morpholine rings is 1. The second kappa shape index (κ2) is 11.3. The van der Waals surface area contributed by atoms with Crippen LogP contribution < -0.4 is 0 Å². The fourth-order valence-corrected chi connectivity index (χ4v) is 12.9. The molecular formula is C38H59FNO7. The van der Waals surface area contributed by atoms with E-state index in [0.717, 1.165) is 45.1 Å². The van der Waals surface area contributed by atoms with Crippen LogP contribution in [0.4, 0.5) is 4.39 Å². The third-order valence-electron chi connectivity index (χ3n) is 15.0. The molecular weight excluding hydrogens is 601 g/mol. The Morgan fingerprint density at radius 2 is 1.91 bits per heavy atom. The molecule has 1 unspecified atom stereocenters. The Hall–Kier alpha value is -0.840. The van der Waals surface area contributed by atoms with Gasteiger partial charge in [-0.25, -0.2) is 4.39 Å². The second-order valence-corrected chi connectivity index (χ2v) is 18.1. The molecule has 2 spiro atoms. The number of halogens is 1. The number of aliphatic hydroxyl groups excluding tert-OH is 1. The summed E-state index contributed by atoms with van der Waals surface area (Å²) in [4.78, 5) is 14.2. The van der Waals surface area contributed by atoms with Crippen molar-refractivity contribution in [2.24, 2.45) is 44.8 Å². The zero-order valence-corrected chi connectivity index (χ0v) is 30.0. The third kappa shape index (κ3) is 4.82. The van der Waals surface area contributed by atoms with Gasteiger partial charge in [-0.05, 0) is 105 Å². The summed E-state index contributed by atoms with van der Waals surface area (Å²) in [5.74, 6) is 1.87. The van der Waals surface area contributed by atoms with Crippen LogP contribution in [0.2, 0.25) is 0 Å². The highest BCUT2D eigenvalue weighted by Gasteiger charge is 2.85. The maximum Gasteiger partial charge on any atom is 0.303 e. The van der Waals surface area contributed by atoms with Crippen molar-refractivity contribution in [1.29, 1.82) is 0 Å². The van der Waals surface area contributed by atoms with Crippen molar-refractivity contribution in [3.05, 3.63) is 18.1 Å². The van der Waals surface area contributed by atoms with Crippen molar-refractivity contribution >= 4 is 5.97 Å². The first-order valence-corrected chi connectivity index (χ1v) is 18.4. The molecule has 8 nitrogen and oxygen atoms in total. The van der Waals surface area contributed by atoms with Crippen LogP contribution in [0.5, 0.6) is 0 Å². The first kappa shape index (κ1) is 34.6. The number of hydrogen-bond donors (Lipinski definition) is 2. The lowest BCUT2D eigenvalue weighted by Crippen LogP contribution is -2.59. The Bertz CT molecular complexity index is 1220. The van der Waals surface area contributed by atoms with Crippen molar-refractivity contribution in [3.8, 4) is 0 Å². The lowest BCUT2D eigenvalue weighted by molar-refractivity contribution is -0.243. The van der Waals surface area contributed by atoms with E-state index in [-0.39, 0.29) is 52.6 Å². The number of aliphatic hydroxyl groups is 2. The molecule has 7 fully saturated rings. The molecule has 5 aliphatic carbocycles. The van der Waals surface area contributed by atoms with E-state index < -0.39 is 29.2 Å². The molecule has 47 heavy (non-hydrogen) atoms. The Morgan fingerprint density at radius 1 is 1.17 bits per heavy atom. The summed E-state index contributed by atoms with van der Waals surface area (Å²) in [6.45, 7) is 18.4. The monoisotopic (exact) mass is 660 g/mol. The molecule has 0 aromatic carbocycles. The van der Waals surface area contributed by atoms with E-state index >= 15 is 0 Å². The number of carbonyl (C=O) groups excluding carboxylic acids is 1. The van der Waals surface area contributed by atoms with E-state index in [2.05, 4.69) is 39.5 Å². The van der Waals surface area contributed by atoms with Gasteiger partial charge >= 0.3 is 5.97 Å². The molecule has 0 bridgehead atoms. The number of carbonyl (C=O) groups is 1. The number of esters is 1. The molecule has 0 aromatic heterocycles. The average Bonchev–Trinajstić information content (AvgIpc) is 3.62. The quantitative estimate of drug-likeness (QED) is 0.331. The third-order valence-corrected chi connectivity index (χ3v) is 15.0. The fourth-order valence-electron chi connectivity index (χ4n) is 12.9. The molecule has 3 radical (unpaired) electrons. The van der Waals surface area contributed by atoms with E-state index in [1.54, 1.807) is 19.8 Å². The summed E-state index contributed by atoms with van der Waals surface area (Å²) < 4.78 is 38.1. The standard InChI is InChI=1S/C38H59FNO7/c1-22-19-24(32(34(5,6)43)45-23(2)41)46-30-29(22)35(7)13-14-38-21-37(38)12-11-27(47-28-20-40(16-15-39)17-18-44-28)33(3,4)25(37)9-10-26(38)36(35,8)31(30)42/h22,25,27-29,31-32,42-43H,9-21H2,1-8H3/t22-,25+,27?,28+,29+,31+,32+,35-,36-,37-,38+/m1/s1. The summed E-state index contributed by atoms with van der Waals surface area (Å²) in [7, 11) is 0. The molecule has 2 saturated heterocycles. The van der Waals surface area contributed by atoms with Crippen molar-refractivity contribution in [3.63, 3.8) is 0 Å². The molecule has 0 aromatic rings. The van der Waals surface area contributed by atoms with E-state index in [4.69, 9.17) is 18.9 Å². The van der Waals surface area contributed by atoms with Gasteiger partial charge < -0.3 is 29.2 Å². The highest BCUT2D eigenvalue weighted by atomic mass is 19.1. The smallest absolute Gasteiger partial charge is 0.303 e. The van der Waals surface area contributed by atoms with Gasteiger partial charge in [-0.2, -0.15) is 0 Å². The predicted octanol–water partition coefficient (Wildman–Crippen LogP) is 5.80. The van der Waals surface area contributed by atoms with Crippen LogP contribution in [-0.2, 0) is 23.7 Å². The van der Waals surface area contributed by atoms with E-state index in [1.165, 1.54) is 13.3 Å². The lowest BCUT2D eigenvalue weighted by atomic mass is 9.41. The number of hydrogen-bond acceptors (Lipinski definition) is 8. The Morgan fingerprint density at radius 3 is 2.60 bits per heavy atom. The first-order chi connectivity index (χ1) is 22.0. The minimum atomic E-state index is -1.32. The molecule has 7 rings (SSSR count). The fraction of sp³-hybridized carbons (Fsp3) is 0.895. The van der Waals surface area contributed by atoms with Gasteiger partial charge in [0, 0.05) is 37.9 Å². The average molecular weight is 661 g/mol. The SMILES string of the molecule is CC(=O)O[C@@H]([C]1C[C@@H](C)[C@H]2[C](O1)[C@H](O)[C@@]1(C)[C]3CC[C@H]4C(C)(C)C(O[C@H]5CN(CCF)CCO5)CC[C@@]45C[C@@]35CC[C@]21C)C(C)(C)O. The van der Waals surface area contributed by atoms with Crippen molar-refractivity contribution in [1.82, 2.24) is 4.90 Å². The molecule has 11 atom stereocenters. The van der Waals surface area contributed by atoms with Gasteiger partial charge in [-0.1, -0.05) is 34.6 Å². The lowest BCUT2D eigenvalue weighted by Gasteiger charge is -2.63. The predicted molar refractivity (Wildman–Crippen MR) is 174 cm³/mol. The summed E-state index contributed by atoms with van der Waals surface area (Å²) in [6.07, 6.45) is 7.52. The van der Waals surface area contributed by atoms with Gasteiger partial charge in [0.2, 0.25) is 0 Å². The Labute approximate surface area is 281 Å². The van der Waals surface area contributed by atoms with Gasteiger partial charge in [0.1, 0.15) is 18.9 Å². The van der Waals surface area contributed by atoms with Gasteiger partial charge in [0.25, 0.3) is 0 Å². The van der Waals surface area contributed by atoms with Crippen LogP contribution in [0.15, 0.2) is 0 Å². The zero-order chi connectivity index (χ0) is 33.9. The first-order valence-electron chi connectivity index (χ1n) is 18.4. The van der Waals surface area contributed by atoms with Gasteiger partial charge in [-0.15, -0.1) is 0 Å². The molecule has 265 valence electrons. The number of fused-ring (bicyclic) bond motifs is 4. The molecule has 7 aliphatic rings. The highest BCUT2D eigenvalue weighted by molar-refractivity contribution is 5.66.